The topological polar surface area (TPSA) is 91.7 Å². The zero-order valence-electron chi connectivity index (χ0n) is 18.8. The van der Waals surface area contributed by atoms with Crippen molar-refractivity contribution in [1.29, 1.82) is 0 Å². The predicted octanol–water partition coefficient (Wildman–Crippen LogP) is 2.60. The molecule has 0 saturated carbocycles. The lowest BCUT2D eigenvalue weighted by Crippen LogP contribution is -2.49. The minimum Gasteiger partial charge on any atom is -0.497 e. The van der Waals surface area contributed by atoms with E-state index in [0.29, 0.717) is 17.9 Å². The minimum atomic E-state index is -0.150. The number of nitrogens with one attached hydrogen (secondary N) is 2. The molecule has 9 nitrogen and oxygen atoms in total. The summed E-state index contributed by atoms with van der Waals surface area (Å²) in [5.74, 6) is 1.44. The maximum absolute atomic E-state index is 12.5. The van der Waals surface area contributed by atoms with Gasteiger partial charge in [0.05, 0.1) is 19.3 Å². The highest BCUT2D eigenvalue weighted by Gasteiger charge is 2.22. The van der Waals surface area contributed by atoms with Gasteiger partial charge in [-0.2, -0.15) is 0 Å². The summed E-state index contributed by atoms with van der Waals surface area (Å²) in [5.41, 5.74) is 2.30. The number of rotatable bonds is 7. The molecule has 0 spiro atoms. The number of imidazole rings is 1. The zero-order chi connectivity index (χ0) is 23.2. The van der Waals surface area contributed by atoms with Crippen molar-refractivity contribution in [2.24, 2.45) is 0 Å². The standard InChI is InChI=1S/C24H28N6O3/c1-18(31)26-19-5-3-6-20(15-19)27-23(32)17-28-11-13-29(14-12-28)24-25-9-10-30(24)21-7-4-8-22(16-21)33-2/h3-10,15-16H,11-14,17H2,1-2H3,(H,26,31)(H,27,32). The van der Waals surface area contributed by atoms with Gasteiger partial charge in [-0.3, -0.25) is 19.1 Å². The Balaban J connectivity index is 1.32. The Morgan fingerprint density at radius 1 is 1.00 bits per heavy atom. The van der Waals surface area contributed by atoms with Crippen molar-refractivity contribution in [1.82, 2.24) is 14.5 Å². The molecule has 33 heavy (non-hydrogen) atoms. The lowest BCUT2D eigenvalue weighted by Gasteiger charge is -2.35. The van der Waals surface area contributed by atoms with Crippen LogP contribution in [-0.4, -0.2) is 66.1 Å². The van der Waals surface area contributed by atoms with Gasteiger partial charge in [-0.15, -0.1) is 0 Å². The Kier molecular flexibility index (Phi) is 6.89. The molecule has 2 N–H and O–H groups in total. The van der Waals surface area contributed by atoms with Crippen LogP contribution < -0.4 is 20.3 Å². The predicted molar refractivity (Wildman–Crippen MR) is 128 cm³/mol. The highest BCUT2D eigenvalue weighted by Crippen LogP contribution is 2.23. The van der Waals surface area contributed by atoms with Crippen molar-refractivity contribution >= 4 is 29.1 Å². The van der Waals surface area contributed by atoms with E-state index in [1.54, 1.807) is 37.6 Å². The molecular weight excluding hydrogens is 420 g/mol. The molecule has 2 heterocycles. The lowest BCUT2D eigenvalue weighted by molar-refractivity contribution is -0.117. The van der Waals surface area contributed by atoms with Crippen molar-refractivity contribution < 1.29 is 14.3 Å². The number of carbonyl (C=O) groups excluding carboxylic acids is 2. The second kappa shape index (κ2) is 10.2. The summed E-state index contributed by atoms with van der Waals surface area (Å²) >= 11 is 0. The van der Waals surface area contributed by atoms with Crippen LogP contribution >= 0.6 is 0 Å². The Hall–Kier alpha value is -3.85. The molecule has 2 aromatic carbocycles. The summed E-state index contributed by atoms with van der Waals surface area (Å²) in [6.07, 6.45) is 3.74. The van der Waals surface area contributed by atoms with Crippen molar-refractivity contribution in [3.8, 4) is 11.4 Å². The molecule has 0 bridgehead atoms. The van der Waals surface area contributed by atoms with E-state index in [2.05, 4.69) is 25.4 Å². The van der Waals surface area contributed by atoms with Crippen LogP contribution in [-0.2, 0) is 9.59 Å². The molecule has 0 radical (unpaired) electrons. The number of amides is 2. The third-order valence-corrected chi connectivity index (χ3v) is 5.44. The van der Waals surface area contributed by atoms with Gasteiger partial charge in [0.15, 0.2) is 0 Å². The molecule has 1 aliphatic rings. The molecule has 9 heteroatoms. The normalized spacial score (nSPS) is 14.1. The minimum absolute atomic E-state index is 0.0821. The zero-order valence-corrected chi connectivity index (χ0v) is 18.8. The summed E-state index contributed by atoms with van der Waals surface area (Å²) in [7, 11) is 1.66. The summed E-state index contributed by atoms with van der Waals surface area (Å²) in [5, 5.41) is 5.63. The first-order chi connectivity index (χ1) is 16.0. The van der Waals surface area contributed by atoms with Crippen molar-refractivity contribution in [2.75, 3.05) is 55.4 Å². The number of nitrogens with zero attached hydrogens (tertiary/aromatic N) is 4. The molecule has 4 rings (SSSR count). The van der Waals surface area contributed by atoms with E-state index in [9.17, 15) is 9.59 Å². The van der Waals surface area contributed by atoms with Crippen LogP contribution in [0.5, 0.6) is 5.75 Å². The first-order valence-corrected chi connectivity index (χ1v) is 10.8. The number of carbonyl (C=O) groups is 2. The number of hydrogen-bond donors (Lipinski definition) is 2. The fraction of sp³-hybridized carbons (Fsp3) is 0.292. The summed E-state index contributed by atoms with van der Waals surface area (Å²) in [4.78, 5) is 32.7. The van der Waals surface area contributed by atoms with E-state index in [1.807, 2.05) is 35.0 Å². The molecule has 1 fully saturated rings. The monoisotopic (exact) mass is 448 g/mol. The van der Waals surface area contributed by atoms with Crippen molar-refractivity contribution in [3.63, 3.8) is 0 Å². The van der Waals surface area contributed by atoms with Gasteiger partial charge in [-0.25, -0.2) is 4.98 Å². The first kappa shape index (κ1) is 22.3. The van der Waals surface area contributed by atoms with Crippen LogP contribution in [0.2, 0.25) is 0 Å². The van der Waals surface area contributed by atoms with Gasteiger partial charge in [-0.1, -0.05) is 12.1 Å². The van der Waals surface area contributed by atoms with Gasteiger partial charge >= 0.3 is 0 Å². The molecule has 3 aromatic rings. The van der Waals surface area contributed by atoms with E-state index in [4.69, 9.17) is 4.74 Å². The van der Waals surface area contributed by atoms with Gasteiger partial charge in [0, 0.05) is 62.9 Å². The Morgan fingerprint density at radius 3 is 2.45 bits per heavy atom. The van der Waals surface area contributed by atoms with E-state index in [1.165, 1.54) is 6.92 Å². The van der Waals surface area contributed by atoms with Gasteiger partial charge in [0.1, 0.15) is 5.75 Å². The van der Waals surface area contributed by atoms with Crippen LogP contribution in [0.1, 0.15) is 6.92 Å². The third-order valence-electron chi connectivity index (χ3n) is 5.44. The SMILES string of the molecule is COc1cccc(-n2ccnc2N2CCN(CC(=O)Nc3cccc(NC(C)=O)c3)CC2)c1. The molecule has 1 saturated heterocycles. The second-order valence-corrected chi connectivity index (χ2v) is 7.87. The Bertz CT molecular complexity index is 1120. The van der Waals surface area contributed by atoms with Gasteiger partial charge < -0.3 is 20.3 Å². The maximum atomic E-state index is 12.5. The van der Waals surface area contributed by atoms with Crippen LogP contribution in [0.15, 0.2) is 60.9 Å². The summed E-state index contributed by atoms with van der Waals surface area (Å²) in [6.45, 7) is 4.81. The number of hydrogen-bond acceptors (Lipinski definition) is 6. The number of anilines is 3. The van der Waals surface area contributed by atoms with Gasteiger partial charge in [0.25, 0.3) is 0 Å². The Morgan fingerprint density at radius 2 is 1.73 bits per heavy atom. The molecular formula is C24H28N6O3. The van der Waals surface area contributed by atoms with Crippen molar-refractivity contribution in [3.05, 3.63) is 60.9 Å². The van der Waals surface area contributed by atoms with E-state index >= 15 is 0 Å². The average molecular weight is 449 g/mol. The fourth-order valence-corrected chi connectivity index (χ4v) is 3.88. The molecule has 0 atom stereocenters. The quantitative estimate of drug-likeness (QED) is 0.577. The number of piperazine rings is 1. The third kappa shape index (κ3) is 5.69. The average Bonchev–Trinajstić information content (AvgIpc) is 3.29. The van der Waals surface area contributed by atoms with E-state index in [0.717, 1.165) is 43.6 Å². The molecule has 1 aromatic heterocycles. The highest BCUT2D eigenvalue weighted by atomic mass is 16.5. The first-order valence-electron chi connectivity index (χ1n) is 10.8. The Labute approximate surface area is 193 Å². The van der Waals surface area contributed by atoms with E-state index in [-0.39, 0.29) is 11.8 Å². The molecule has 0 unspecified atom stereocenters. The van der Waals surface area contributed by atoms with Crippen LogP contribution in [0.4, 0.5) is 17.3 Å². The smallest absolute Gasteiger partial charge is 0.238 e. The van der Waals surface area contributed by atoms with E-state index < -0.39 is 0 Å². The lowest BCUT2D eigenvalue weighted by atomic mass is 10.2. The molecule has 0 aliphatic carbocycles. The second-order valence-electron chi connectivity index (χ2n) is 7.87. The summed E-state index contributed by atoms with van der Waals surface area (Å²) < 4.78 is 7.39. The van der Waals surface area contributed by atoms with Gasteiger partial charge in [-0.05, 0) is 30.3 Å². The number of ether oxygens (including phenoxy) is 1. The fourth-order valence-electron chi connectivity index (χ4n) is 3.88. The molecule has 1 aliphatic heterocycles. The number of aromatic nitrogens is 2. The molecule has 172 valence electrons. The number of methoxy groups -OCH3 is 1. The number of benzene rings is 2. The summed E-state index contributed by atoms with van der Waals surface area (Å²) in [6, 6.07) is 15.0. The van der Waals surface area contributed by atoms with Crippen LogP contribution in [0.25, 0.3) is 5.69 Å². The van der Waals surface area contributed by atoms with Gasteiger partial charge in [0.2, 0.25) is 17.8 Å². The molecule has 2 amide bonds. The maximum Gasteiger partial charge on any atom is 0.238 e. The van der Waals surface area contributed by atoms with Crippen LogP contribution in [0, 0.1) is 0 Å². The highest BCUT2D eigenvalue weighted by molar-refractivity contribution is 5.94. The van der Waals surface area contributed by atoms with Crippen molar-refractivity contribution in [2.45, 2.75) is 6.92 Å². The van der Waals surface area contributed by atoms with Crippen LogP contribution in [0.3, 0.4) is 0 Å². The largest absolute Gasteiger partial charge is 0.497 e.